The Morgan fingerprint density at radius 2 is 1.73 bits per heavy atom. The highest BCUT2D eigenvalue weighted by Crippen LogP contribution is 2.35. The molecule has 0 heterocycles. The van der Waals surface area contributed by atoms with Crippen molar-refractivity contribution in [3.8, 4) is 0 Å². The first kappa shape index (κ1) is 17.5. The summed E-state index contributed by atoms with van der Waals surface area (Å²) >= 11 is 0. The molecule has 0 aromatic heterocycles. The van der Waals surface area contributed by atoms with Crippen LogP contribution in [0.5, 0.6) is 0 Å². The maximum absolute atomic E-state index is 6.42. The number of nitrogens with one attached hydrogen (secondary N) is 1. The van der Waals surface area contributed by atoms with Crippen LogP contribution < -0.4 is 5.32 Å². The van der Waals surface area contributed by atoms with Gasteiger partial charge in [0.2, 0.25) is 0 Å². The zero-order chi connectivity index (χ0) is 15.7. The summed E-state index contributed by atoms with van der Waals surface area (Å²) in [5.74, 6) is 0. The number of hydrogen-bond donors (Lipinski definition) is 1. The zero-order valence-corrected chi connectivity index (χ0v) is 14.4. The molecule has 22 heavy (non-hydrogen) atoms. The first-order chi connectivity index (χ1) is 10.8. The van der Waals surface area contributed by atoms with Crippen LogP contribution in [0.15, 0.2) is 30.3 Å². The Morgan fingerprint density at radius 3 is 2.32 bits per heavy atom. The van der Waals surface area contributed by atoms with Crippen LogP contribution in [0.2, 0.25) is 0 Å². The van der Waals surface area contributed by atoms with Gasteiger partial charge >= 0.3 is 0 Å². The van der Waals surface area contributed by atoms with Crippen molar-refractivity contribution in [2.24, 2.45) is 0 Å². The van der Waals surface area contributed by atoms with Crippen LogP contribution in [0.4, 0.5) is 0 Å². The number of ether oxygens (including phenoxy) is 1. The molecule has 2 heteroatoms. The molecule has 0 radical (unpaired) electrons. The molecule has 1 fully saturated rings. The van der Waals surface area contributed by atoms with E-state index in [1.165, 1.54) is 50.5 Å². The molecule has 124 valence electrons. The minimum atomic E-state index is 0.0241. The first-order valence-electron chi connectivity index (χ1n) is 9.22. The van der Waals surface area contributed by atoms with Crippen molar-refractivity contribution in [3.63, 3.8) is 0 Å². The van der Waals surface area contributed by atoms with Gasteiger partial charge in [-0.15, -0.1) is 0 Å². The number of benzene rings is 1. The molecular weight excluding hydrogens is 270 g/mol. The van der Waals surface area contributed by atoms with Crippen LogP contribution in [0.3, 0.4) is 0 Å². The van der Waals surface area contributed by atoms with Crippen molar-refractivity contribution in [1.82, 2.24) is 5.32 Å². The number of hydrogen-bond acceptors (Lipinski definition) is 2. The standard InChI is InChI=1S/C20H33NO/c1-3-16-21-19(17-18-12-8-7-9-13-18)20(22-4-2)14-10-5-6-11-15-20/h7-9,12-13,19,21H,3-6,10-11,14-17H2,1-2H3. The fourth-order valence-electron chi connectivity index (χ4n) is 3.82. The van der Waals surface area contributed by atoms with E-state index in [0.717, 1.165) is 19.6 Å². The Labute approximate surface area is 136 Å². The third-order valence-electron chi connectivity index (χ3n) is 4.94. The smallest absolute Gasteiger partial charge is 0.0837 e. The fourth-order valence-corrected chi connectivity index (χ4v) is 3.82. The monoisotopic (exact) mass is 303 g/mol. The highest BCUT2D eigenvalue weighted by Gasteiger charge is 2.39. The van der Waals surface area contributed by atoms with Gasteiger partial charge in [0.15, 0.2) is 0 Å². The van der Waals surface area contributed by atoms with Gasteiger partial charge in [-0.25, -0.2) is 0 Å². The van der Waals surface area contributed by atoms with Gasteiger partial charge in [0.25, 0.3) is 0 Å². The average molecular weight is 303 g/mol. The SMILES string of the molecule is CCCNC(Cc1ccccc1)C1(OCC)CCCCCC1. The summed E-state index contributed by atoms with van der Waals surface area (Å²) in [7, 11) is 0. The molecule has 1 atom stereocenters. The van der Waals surface area contributed by atoms with Gasteiger partial charge < -0.3 is 10.1 Å². The second kappa shape index (κ2) is 9.32. The molecular formula is C20H33NO. The predicted molar refractivity (Wildman–Crippen MR) is 94.3 cm³/mol. The van der Waals surface area contributed by atoms with Gasteiger partial charge in [0, 0.05) is 12.6 Å². The van der Waals surface area contributed by atoms with Crippen molar-refractivity contribution < 1.29 is 4.74 Å². The lowest BCUT2D eigenvalue weighted by Gasteiger charge is -2.41. The second-order valence-electron chi connectivity index (χ2n) is 6.61. The van der Waals surface area contributed by atoms with Crippen LogP contribution in [0.1, 0.15) is 64.4 Å². The van der Waals surface area contributed by atoms with E-state index in [9.17, 15) is 0 Å². The largest absolute Gasteiger partial charge is 0.374 e. The Kier molecular flexibility index (Phi) is 7.41. The van der Waals surface area contributed by atoms with Crippen LogP contribution in [-0.2, 0) is 11.2 Å². The third-order valence-corrected chi connectivity index (χ3v) is 4.94. The van der Waals surface area contributed by atoms with Gasteiger partial charge in [-0.2, -0.15) is 0 Å². The van der Waals surface area contributed by atoms with E-state index in [1.54, 1.807) is 0 Å². The minimum absolute atomic E-state index is 0.0241. The van der Waals surface area contributed by atoms with E-state index in [0.29, 0.717) is 6.04 Å². The zero-order valence-electron chi connectivity index (χ0n) is 14.4. The van der Waals surface area contributed by atoms with E-state index in [-0.39, 0.29) is 5.60 Å². The summed E-state index contributed by atoms with van der Waals surface area (Å²) in [5, 5.41) is 3.82. The molecule has 0 saturated heterocycles. The predicted octanol–water partition coefficient (Wildman–Crippen LogP) is 4.73. The van der Waals surface area contributed by atoms with Gasteiger partial charge in [0.1, 0.15) is 0 Å². The molecule has 0 bridgehead atoms. The summed E-state index contributed by atoms with van der Waals surface area (Å²) in [5.41, 5.74) is 1.44. The Hall–Kier alpha value is -0.860. The summed E-state index contributed by atoms with van der Waals surface area (Å²) in [6.45, 7) is 6.28. The second-order valence-corrected chi connectivity index (χ2v) is 6.61. The summed E-state index contributed by atoms with van der Waals surface area (Å²) in [4.78, 5) is 0. The van der Waals surface area contributed by atoms with E-state index in [2.05, 4.69) is 49.5 Å². The van der Waals surface area contributed by atoms with E-state index in [1.807, 2.05) is 0 Å². The Balaban J connectivity index is 2.18. The molecule has 2 nitrogen and oxygen atoms in total. The lowest BCUT2D eigenvalue weighted by atomic mass is 9.82. The van der Waals surface area contributed by atoms with Crippen molar-refractivity contribution in [1.29, 1.82) is 0 Å². The van der Waals surface area contributed by atoms with Crippen LogP contribution in [0.25, 0.3) is 0 Å². The molecule has 1 aliphatic carbocycles. The molecule has 1 unspecified atom stereocenters. The quantitative estimate of drug-likeness (QED) is 0.701. The Morgan fingerprint density at radius 1 is 1.05 bits per heavy atom. The van der Waals surface area contributed by atoms with Gasteiger partial charge in [0.05, 0.1) is 5.60 Å². The molecule has 1 saturated carbocycles. The van der Waals surface area contributed by atoms with Gasteiger partial charge in [-0.3, -0.25) is 0 Å². The van der Waals surface area contributed by atoms with E-state index < -0.39 is 0 Å². The minimum Gasteiger partial charge on any atom is -0.374 e. The topological polar surface area (TPSA) is 21.3 Å². The molecule has 0 spiro atoms. The van der Waals surface area contributed by atoms with Crippen molar-refractivity contribution >= 4 is 0 Å². The molecule has 2 rings (SSSR count). The van der Waals surface area contributed by atoms with Crippen LogP contribution in [-0.4, -0.2) is 24.8 Å². The highest BCUT2D eigenvalue weighted by molar-refractivity contribution is 5.17. The van der Waals surface area contributed by atoms with Crippen molar-refractivity contribution in [2.45, 2.75) is 76.9 Å². The summed E-state index contributed by atoms with van der Waals surface area (Å²) in [6, 6.07) is 11.3. The first-order valence-corrected chi connectivity index (χ1v) is 9.22. The van der Waals surface area contributed by atoms with E-state index in [4.69, 9.17) is 4.74 Å². The third kappa shape index (κ3) is 4.82. The average Bonchev–Trinajstić information content (AvgIpc) is 2.79. The Bertz CT molecular complexity index is 395. The molecule has 1 N–H and O–H groups in total. The summed E-state index contributed by atoms with van der Waals surface area (Å²) in [6.07, 6.45) is 9.98. The molecule has 1 aromatic rings. The van der Waals surface area contributed by atoms with E-state index >= 15 is 0 Å². The maximum Gasteiger partial charge on any atom is 0.0837 e. The lowest BCUT2D eigenvalue weighted by Crippen LogP contribution is -2.54. The number of rotatable bonds is 8. The van der Waals surface area contributed by atoms with Gasteiger partial charge in [-0.1, -0.05) is 62.9 Å². The molecule has 1 aromatic carbocycles. The molecule has 0 amide bonds. The van der Waals surface area contributed by atoms with Crippen LogP contribution in [0, 0.1) is 0 Å². The van der Waals surface area contributed by atoms with Gasteiger partial charge in [-0.05, 0) is 44.7 Å². The normalized spacial score (nSPS) is 19.5. The summed E-state index contributed by atoms with van der Waals surface area (Å²) < 4.78 is 6.42. The maximum atomic E-state index is 6.42. The fraction of sp³-hybridized carbons (Fsp3) is 0.700. The molecule has 1 aliphatic rings. The lowest BCUT2D eigenvalue weighted by molar-refractivity contribution is -0.0766. The van der Waals surface area contributed by atoms with Crippen molar-refractivity contribution in [3.05, 3.63) is 35.9 Å². The van der Waals surface area contributed by atoms with Crippen molar-refractivity contribution in [2.75, 3.05) is 13.2 Å². The highest BCUT2D eigenvalue weighted by atomic mass is 16.5. The van der Waals surface area contributed by atoms with Crippen LogP contribution >= 0.6 is 0 Å². The molecule has 0 aliphatic heterocycles.